The lowest BCUT2D eigenvalue weighted by molar-refractivity contribution is -0.146. The predicted molar refractivity (Wildman–Crippen MR) is 131 cm³/mol. The normalized spacial score (nSPS) is 23.9. The molecular weight excluding hydrogens is 514 g/mol. The van der Waals surface area contributed by atoms with Crippen LogP contribution in [-0.4, -0.2) is 96.6 Å². The fourth-order valence-corrected chi connectivity index (χ4v) is 5.80. The lowest BCUT2D eigenvalue weighted by Crippen LogP contribution is -2.52. The van der Waals surface area contributed by atoms with Gasteiger partial charge in [-0.25, -0.2) is 0 Å². The summed E-state index contributed by atoms with van der Waals surface area (Å²) in [6.07, 6.45) is 0. The average Bonchev–Trinajstić information content (AvgIpc) is 2.64. The van der Waals surface area contributed by atoms with Crippen LogP contribution in [0.4, 0.5) is 0 Å². The van der Waals surface area contributed by atoms with Gasteiger partial charge in [-0.15, -0.1) is 18.1 Å². The van der Waals surface area contributed by atoms with Gasteiger partial charge in [0.15, 0.2) is 0 Å². The Morgan fingerprint density at radius 2 is 0.861 bits per heavy atom. The first-order valence-corrected chi connectivity index (χ1v) is 14.0. The number of hydrogen-bond donors (Lipinski definition) is 0. The second-order valence-electron chi connectivity index (χ2n) is 11.5. The van der Waals surface area contributed by atoms with Crippen molar-refractivity contribution in [3.63, 3.8) is 0 Å². The lowest BCUT2D eigenvalue weighted by atomic mass is 10.1. The van der Waals surface area contributed by atoms with Crippen LogP contribution in [0.3, 0.4) is 0 Å². The van der Waals surface area contributed by atoms with Crippen molar-refractivity contribution in [2.45, 2.75) is 77.8 Å². The van der Waals surface area contributed by atoms with Gasteiger partial charge in [0.1, 0.15) is 35.6 Å². The van der Waals surface area contributed by atoms with Crippen LogP contribution >= 0.6 is 16.5 Å². The molecule has 0 saturated carbocycles. The number of carbonyl (C=O) groups excluding carboxylic acids is 2. The van der Waals surface area contributed by atoms with E-state index in [9.17, 15) is 18.7 Å². The Morgan fingerprint density at radius 1 is 0.611 bits per heavy atom. The van der Waals surface area contributed by atoms with Crippen molar-refractivity contribution >= 4 is 28.3 Å². The van der Waals surface area contributed by atoms with Gasteiger partial charge < -0.3 is 19.3 Å². The van der Waals surface area contributed by atoms with E-state index in [1.54, 1.807) is 65.2 Å². The van der Waals surface area contributed by atoms with Crippen molar-refractivity contribution in [3.8, 4) is 0 Å². The molecule has 0 radical (unpaired) electrons. The molecule has 36 heavy (non-hydrogen) atoms. The zero-order valence-corrected chi connectivity index (χ0v) is 24.3. The Hall–Kier alpha value is -1.10. The highest BCUT2D eigenvalue weighted by Gasteiger charge is 2.47. The van der Waals surface area contributed by atoms with Crippen LogP contribution in [0.5, 0.6) is 0 Å². The molecule has 2 aliphatic heterocycles. The summed E-state index contributed by atoms with van der Waals surface area (Å²) in [4.78, 5) is 28.6. The van der Waals surface area contributed by atoms with Gasteiger partial charge in [0.2, 0.25) is 11.8 Å². The Balaban J connectivity index is 1.78. The van der Waals surface area contributed by atoms with Gasteiger partial charge in [0.05, 0.1) is 39.4 Å². The van der Waals surface area contributed by atoms with E-state index >= 15 is 0 Å². The largest absolute Gasteiger partial charge is 0.698 e. The molecule has 2 saturated heterocycles. The summed E-state index contributed by atoms with van der Waals surface area (Å²) < 4.78 is 56.6. The monoisotopic (exact) mass is 554 g/mol. The molecule has 0 unspecified atom stereocenters. The minimum Gasteiger partial charge on any atom is -0.369 e. The van der Waals surface area contributed by atoms with Gasteiger partial charge in [-0.1, -0.05) is 0 Å². The number of amides is 2. The van der Waals surface area contributed by atoms with Crippen LogP contribution < -0.4 is 0 Å². The van der Waals surface area contributed by atoms with E-state index in [0.717, 1.165) is 0 Å². The third kappa shape index (κ3) is 10.7. The first-order valence-electron chi connectivity index (χ1n) is 11.8. The van der Waals surface area contributed by atoms with Gasteiger partial charge in [0, 0.05) is 9.13 Å². The summed E-state index contributed by atoms with van der Waals surface area (Å²) in [5.74, 6) is -0.528. The van der Waals surface area contributed by atoms with Crippen LogP contribution in [-0.2, 0) is 46.3 Å². The molecule has 0 atom stereocenters. The minimum absolute atomic E-state index is 0.113. The van der Waals surface area contributed by atoms with Crippen LogP contribution in [0.15, 0.2) is 0 Å². The SMILES string of the molecule is CC1(C)CN(C(=O)COCCOCC(=O)N2CC(C)(C)O[P+](=O)OC(C)(C)C2)CC(C)(C)O[P+](=O)O1. The molecule has 0 aromatic rings. The molecule has 2 fully saturated rings. The summed E-state index contributed by atoms with van der Waals surface area (Å²) in [5.41, 5.74) is -3.37. The molecule has 0 N–H and O–H groups in total. The Kier molecular flexibility index (Phi) is 10.5. The van der Waals surface area contributed by atoms with E-state index in [4.69, 9.17) is 27.6 Å². The van der Waals surface area contributed by atoms with Crippen LogP contribution in [0.1, 0.15) is 55.4 Å². The summed E-state index contributed by atoms with van der Waals surface area (Å²) in [6, 6.07) is 0. The van der Waals surface area contributed by atoms with Crippen LogP contribution in [0.25, 0.3) is 0 Å². The molecule has 2 rings (SSSR count). The highest BCUT2D eigenvalue weighted by molar-refractivity contribution is 7.33. The van der Waals surface area contributed by atoms with E-state index in [1.807, 2.05) is 0 Å². The van der Waals surface area contributed by atoms with E-state index in [2.05, 4.69) is 0 Å². The lowest BCUT2D eigenvalue weighted by Gasteiger charge is -2.35. The molecule has 0 aliphatic carbocycles. The van der Waals surface area contributed by atoms with Gasteiger partial charge >= 0.3 is 16.5 Å². The summed E-state index contributed by atoms with van der Waals surface area (Å²) in [7, 11) is -4.57. The maximum atomic E-state index is 12.7. The van der Waals surface area contributed by atoms with Gasteiger partial charge in [-0.3, -0.25) is 9.59 Å². The fraction of sp³-hybridized carbons (Fsp3) is 0.909. The highest BCUT2D eigenvalue weighted by atomic mass is 31.1. The van der Waals surface area contributed by atoms with Crippen molar-refractivity contribution in [1.82, 2.24) is 9.80 Å². The van der Waals surface area contributed by atoms with E-state index in [-0.39, 0.29) is 64.4 Å². The Morgan fingerprint density at radius 3 is 1.11 bits per heavy atom. The van der Waals surface area contributed by atoms with Crippen molar-refractivity contribution in [1.29, 1.82) is 0 Å². The van der Waals surface area contributed by atoms with Crippen molar-refractivity contribution < 1.29 is 46.3 Å². The van der Waals surface area contributed by atoms with Gasteiger partial charge in [0.25, 0.3) is 0 Å². The summed E-state index contributed by atoms with van der Waals surface area (Å²) in [5, 5.41) is 0. The zero-order chi connectivity index (χ0) is 27.4. The molecule has 0 spiro atoms. The number of hydrogen-bond acceptors (Lipinski definition) is 10. The first-order chi connectivity index (χ1) is 16.4. The molecular formula is C22H40N2O10P2+2. The molecule has 14 heteroatoms. The average molecular weight is 555 g/mol. The molecule has 0 aromatic carbocycles. The van der Waals surface area contributed by atoms with Crippen molar-refractivity contribution in [2.75, 3.05) is 52.6 Å². The first kappa shape index (κ1) is 31.1. The second-order valence-corrected chi connectivity index (χ2v) is 13.1. The predicted octanol–water partition coefficient (Wildman–Crippen LogP) is 3.20. The number of nitrogens with zero attached hydrogens (tertiary/aromatic N) is 2. The fourth-order valence-electron chi connectivity index (χ4n) is 3.88. The third-order valence-electron chi connectivity index (χ3n) is 5.10. The van der Waals surface area contributed by atoms with Crippen molar-refractivity contribution in [3.05, 3.63) is 0 Å². The topological polar surface area (TPSA) is 130 Å². The Labute approximate surface area is 215 Å². The number of ether oxygens (including phenoxy) is 2. The zero-order valence-electron chi connectivity index (χ0n) is 22.5. The van der Waals surface area contributed by atoms with Gasteiger partial charge in [-0.05, 0) is 55.4 Å². The highest BCUT2D eigenvalue weighted by Crippen LogP contribution is 2.40. The molecule has 0 bridgehead atoms. The van der Waals surface area contributed by atoms with E-state index < -0.39 is 38.9 Å². The van der Waals surface area contributed by atoms with E-state index in [1.165, 1.54) is 0 Å². The molecule has 2 aliphatic rings. The smallest absolute Gasteiger partial charge is 0.369 e. The quantitative estimate of drug-likeness (QED) is 0.342. The Bertz CT molecular complexity index is 735. The second kappa shape index (κ2) is 12.2. The molecule has 2 amide bonds. The maximum Gasteiger partial charge on any atom is 0.698 e. The summed E-state index contributed by atoms with van der Waals surface area (Å²) >= 11 is 0. The number of rotatable bonds is 7. The van der Waals surface area contributed by atoms with Crippen molar-refractivity contribution in [2.24, 2.45) is 0 Å². The van der Waals surface area contributed by atoms with Crippen LogP contribution in [0.2, 0.25) is 0 Å². The van der Waals surface area contributed by atoms with Crippen LogP contribution in [0, 0.1) is 0 Å². The molecule has 2 heterocycles. The standard InChI is InChI=1S/C22H40N2O10P2/c1-19(2)13-23(14-20(3,4)32-35(27)31-19)17(25)11-29-9-10-30-12-18(26)24-15-21(5,6)33-36(28)34-22(7,8)16-24/h9-16H2,1-8H3/q+2. The number of carbonyl (C=O) groups is 2. The molecule has 0 aromatic heterocycles. The van der Waals surface area contributed by atoms with E-state index in [0.29, 0.717) is 0 Å². The molecule has 206 valence electrons. The third-order valence-corrected chi connectivity index (χ3v) is 7.67. The molecule has 12 nitrogen and oxygen atoms in total. The minimum atomic E-state index is -2.29. The van der Waals surface area contributed by atoms with Gasteiger partial charge in [-0.2, -0.15) is 0 Å². The summed E-state index contributed by atoms with van der Waals surface area (Å²) in [6.45, 7) is 14.7. The maximum absolute atomic E-state index is 12.7.